The van der Waals surface area contributed by atoms with Crippen LogP contribution >= 0.6 is 15.9 Å². The first-order valence-corrected chi connectivity index (χ1v) is 3.09. The van der Waals surface area contributed by atoms with E-state index in [1.165, 1.54) is 0 Å². The number of hydrogen-bond acceptors (Lipinski definition) is 1. The highest BCUT2D eigenvalue weighted by molar-refractivity contribution is 9.10. The predicted molar refractivity (Wildman–Crippen MR) is 35.5 cm³/mol. The molecule has 1 nitrogen and oxygen atoms in total. The monoisotopic (exact) mass is 170 g/mol. The smallest absolute Gasteiger partial charge is 0.0463 e. The quantitative estimate of drug-likeness (QED) is 0.581. The maximum absolute atomic E-state index is 3.95. The maximum atomic E-state index is 3.95. The Kier molecular flexibility index (Phi) is 1.63. The Morgan fingerprint density at radius 3 is 2.88 bits per heavy atom. The number of halogens is 1. The summed E-state index contributed by atoms with van der Waals surface area (Å²) in [7, 11) is 0. The van der Waals surface area contributed by atoms with Gasteiger partial charge in [-0.25, -0.2) is 0 Å². The van der Waals surface area contributed by atoms with E-state index < -0.39 is 0 Å². The van der Waals surface area contributed by atoms with Crippen LogP contribution in [-0.2, 0) is 0 Å². The number of aryl methyl sites for hydroxylation is 1. The fourth-order valence-electron chi connectivity index (χ4n) is 0.461. The van der Waals surface area contributed by atoms with Crippen LogP contribution in [0.25, 0.3) is 0 Å². The van der Waals surface area contributed by atoms with Crippen LogP contribution in [0.15, 0.2) is 16.7 Å². The molecular formula is C6H5BrN. The minimum atomic E-state index is 0.916. The van der Waals surface area contributed by atoms with E-state index in [0.29, 0.717) is 0 Å². The molecular weight excluding hydrogens is 166 g/mol. The second kappa shape index (κ2) is 2.27. The molecule has 8 heavy (non-hydrogen) atoms. The van der Waals surface area contributed by atoms with Gasteiger partial charge in [-0.3, -0.25) is 4.98 Å². The number of pyridine rings is 1. The van der Waals surface area contributed by atoms with E-state index in [1.54, 1.807) is 6.20 Å². The van der Waals surface area contributed by atoms with Gasteiger partial charge in [0.15, 0.2) is 0 Å². The van der Waals surface area contributed by atoms with E-state index in [1.807, 2.05) is 13.0 Å². The number of nitrogens with zero attached hydrogens (tertiary/aromatic N) is 1. The van der Waals surface area contributed by atoms with Crippen molar-refractivity contribution in [3.63, 3.8) is 0 Å². The molecule has 0 unspecified atom stereocenters. The van der Waals surface area contributed by atoms with E-state index in [4.69, 9.17) is 0 Å². The molecule has 2 heteroatoms. The minimum Gasteiger partial charge on any atom is -0.261 e. The first-order chi connectivity index (χ1) is 3.79. The molecule has 0 aromatic carbocycles. The molecule has 0 saturated heterocycles. The average Bonchev–Trinajstić information content (AvgIpc) is 1.64. The van der Waals surface area contributed by atoms with E-state index >= 15 is 0 Å². The SMILES string of the molecule is Cc1[c]c(Br)ccn1. The molecule has 1 rings (SSSR count). The fourth-order valence-corrected chi connectivity index (χ4v) is 0.866. The minimum absolute atomic E-state index is 0.916. The van der Waals surface area contributed by atoms with Crippen molar-refractivity contribution in [1.29, 1.82) is 0 Å². The van der Waals surface area contributed by atoms with E-state index in [9.17, 15) is 0 Å². The van der Waals surface area contributed by atoms with Gasteiger partial charge in [-0.1, -0.05) is 15.9 Å². The molecule has 0 aliphatic carbocycles. The van der Waals surface area contributed by atoms with Gasteiger partial charge in [-0.15, -0.1) is 0 Å². The predicted octanol–water partition coefficient (Wildman–Crippen LogP) is 1.95. The fraction of sp³-hybridized carbons (Fsp3) is 0.167. The zero-order valence-corrected chi connectivity index (χ0v) is 6.07. The Bertz CT molecular complexity index is 168. The summed E-state index contributed by atoms with van der Waals surface area (Å²) in [5, 5.41) is 0. The molecule has 0 fully saturated rings. The van der Waals surface area contributed by atoms with E-state index in [2.05, 4.69) is 27.0 Å². The summed E-state index contributed by atoms with van der Waals surface area (Å²) in [6, 6.07) is 4.83. The van der Waals surface area contributed by atoms with Gasteiger partial charge in [0.2, 0.25) is 0 Å². The molecule has 1 aromatic rings. The lowest BCUT2D eigenvalue weighted by Crippen LogP contribution is -1.76. The average molecular weight is 171 g/mol. The Hall–Kier alpha value is -0.370. The zero-order chi connectivity index (χ0) is 5.98. The maximum Gasteiger partial charge on any atom is 0.0463 e. The van der Waals surface area contributed by atoms with Gasteiger partial charge in [-0.05, 0) is 13.0 Å². The third-order valence-corrected chi connectivity index (χ3v) is 1.25. The summed E-state index contributed by atoms with van der Waals surface area (Å²) < 4.78 is 0.963. The molecule has 0 N–H and O–H groups in total. The van der Waals surface area contributed by atoms with E-state index in [0.717, 1.165) is 10.2 Å². The molecule has 41 valence electrons. The molecule has 0 amide bonds. The largest absolute Gasteiger partial charge is 0.261 e. The summed E-state index contributed by atoms with van der Waals surface area (Å²) in [5.74, 6) is 0. The van der Waals surface area contributed by atoms with Crippen LogP contribution in [0.4, 0.5) is 0 Å². The molecule has 1 aromatic heterocycles. The summed E-state index contributed by atoms with van der Waals surface area (Å²) in [4.78, 5) is 3.95. The Balaban J connectivity index is 3.08. The van der Waals surface area contributed by atoms with Crippen molar-refractivity contribution in [3.8, 4) is 0 Å². The van der Waals surface area contributed by atoms with Crippen molar-refractivity contribution in [2.24, 2.45) is 0 Å². The van der Waals surface area contributed by atoms with Gasteiger partial charge in [0.05, 0.1) is 0 Å². The first-order valence-electron chi connectivity index (χ1n) is 2.29. The lowest BCUT2D eigenvalue weighted by Gasteiger charge is -1.87. The molecule has 0 aliphatic heterocycles. The van der Waals surface area contributed by atoms with Crippen molar-refractivity contribution >= 4 is 15.9 Å². The lowest BCUT2D eigenvalue weighted by atomic mass is 10.4. The number of aromatic nitrogens is 1. The van der Waals surface area contributed by atoms with Gasteiger partial charge >= 0.3 is 0 Å². The van der Waals surface area contributed by atoms with Gasteiger partial charge in [0, 0.05) is 22.4 Å². The third-order valence-electron chi connectivity index (χ3n) is 0.789. The molecule has 0 bridgehead atoms. The van der Waals surface area contributed by atoms with E-state index in [-0.39, 0.29) is 0 Å². The number of rotatable bonds is 0. The highest BCUT2D eigenvalue weighted by Crippen LogP contribution is 2.06. The summed E-state index contributed by atoms with van der Waals surface area (Å²) in [5.41, 5.74) is 0.916. The standard InChI is InChI=1S/C6H5BrN/c1-5-4-6(7)2-3-8-5/h2-3H,1H3. The van der Waals surface area contributed by atoms with Crippen LogP contribution < -0.4 is 0 Å². The first kappa shape index (κ1) is 5.76. The molecule has 0 saturated carbocycles. The van der Waals surface area contributed by atoms with Crippen LogP contribution in [-0.4, -0.2) is 4.98 Å². The third kappa shape index (κ3) is 1.30. The second-order valence-electron chi connectivity index (χ2n) is 1.50. The van der Waals surface area contributed by atoms with Crippen molar-refractivity contribution in [2.75, 3.05) is 0 Å². The van der Waals surface area contributed by atoms with Crippen LogP contribution in [0.3, 0.4) is 0 Å². The van der Waals surface area contributed by atoms with Crippen LogP contribution in [0.5, 0.6) is 0 Å². The molecule has 0 atom stereocenters. The number of hydrogen-bond donors (Lipinski definition) is 0. The van der Waals surface area contributed by atoms with Gasteiger partial charge < -0.3 is 0 Å². The second-order valence-corrected chi connectivity index (χ2v) is 2.36. The van der Waals surface area contributed by atoms with Crippen LogP contribution in [0.1, 0.15) is 5.69 Å². The normalized spacial score (nSPS) is 9.25. The Morgan fingerprint density at radius 2 is 2.50 bits per heavy atom. The Morgan fingerprint density at radius 1 is 1.75 bits per heavy atom. The lowest BCUT2D eigenvalue weighted by molar-refractivity contribution is 1.19. The summed E-state index contributed by atoms with van der Waals surface area (Å²) in [6.07, 6.45) is 1.75. The van der Waals surface area contributed by atoms with Crippen molar-refractivity contribution in [3.05, 3.63) is 28.5 Å². The Labute approximate surface area is 56.9 Å². The highest BCUT2D eigenvalue weighted by Gasteiger charge is 1.84. The zero-order valence-electron chi connectivity index (χ0n) is 4.48. The van der Waals surface area contributed by atoms with Gasteiger partial charge in [0.1, 0.15) is 0 Å². The van der Waals surface area contributed by atoms with Crippen molar-refractivity contribution in [2.45, 2.75) is 6.92 Å². The van der Waals surface area contributed by atoms with Crippen molar-refractivity contribution in [1.82, 2.24) is 4.98 Å². The van der Waals surface area contributed by atoms with Crippen LogP contribution in [0.2, 0.25) is 0 Å². The van der Waals surface area contributed by atoms with Crippen LogP contribution in [0, 0.1) is 13.0 Å². The molecule has 1 radical (unpaired) electrons. The van der Waals surface area contributed by atoms with Gasteiger partial charge in [-0.2, -0.15) is 0 Å². The highest BCUT2D eigenvalue weighted by atomic mass is 79.9. The molecule has 1 heterocycles. The van der Waals surface area contributed by atoms with Gasteiger partial charge in [0.25, 0.3) is 0 Å². The molecule has 0 spiro atoms. The summed E-state index contributed by atoms with van der Waals surface area (Å²) in [6.45, 7) is 1.91. The topological polar surface area (TPSA) is 12.9 Å². The summed E-state index contributed by atoms with van der Waals surface area (Å²) >= 11 is 3.27. The molecule has 0 aliphatic rings. The van der Waals surface area contributed by atoms with Crippen molar-refractivity contribution < 1.29 is 0 Å².